The highest BCUT2D eigenvalue weighted by Crippen LogP contribution is 2.30. The molecule has 1 aliphatic heterocycles. The fraction of sp³-hybridized carbons (Fsp3) is 0.571. The molecular formula is C14H21FN2O2S2. The Morgan fingerprint density at radius 3 is 2.76 bits per heavy atom. The van der Waals surface area contributed by atoms with Crippen LogP contribution in [0.3, 0.4) is 0 Å². The van der Waals surface area contributed by atoms with Crippen LogP contribution in [0.1, 0.15) is 18.5 Å². The molecule has 0 bridgehead atoms. The van der Waals surface area contributed by atoms with Crippen LogP contribution in [0.5, 0.6) is 0 Å². The predicted octanol–water partition coefficient (Wildman–Crippen LogP) is 2.03. The van der Waals surface area contributed by atoms with E-state index in [1.807, 2.05) is 20.0 Å². The van der Waals surface area contributed by atoms with Crippen molar-refractivity contribution in [1.29, 1.82) is 0 Å². The number of hydrogen-bond donors (Lipinski definition) is 1. The monoisotopic (exact) mass is 332 g/mol. The first kappa shape index (κ1) is 16.6. The van der Waals surface area contributed by atoms with Gasteiger partial charge in [-0.3, -0.25) is 0 Å². The molecule has 0 aromatic heterocycles. The van der Waals surface area contributed by atoms with Gasteiger partial charge < -0.3 is 10.2 Å². The third-order valence-electron chi connectivity index (χ3n) is 3.79. The molecule has 0 spiro atoms. The summed E-state index contributed by atoms with van der Waals surface area (Å²) in [5.41, 5.74) is 1.22. The molecule has 1 N–H and O–H groups in total. The summed E-state index contributed by atoms with van der Waals surface area (Å²) < 4.78 is 38.3. The van der Waals surface area contributed by atoms with Crippen molar-refractivity contribution >= 4 is 27.3 Å². The van der Waals surface area contributed by atoms with Gasteiger partial charge in [0.05, 0.1) is 5.69 Å². The standard InChI is InChI=1S/C14H21FN2O2S2/c1-10(16-2)11-4-5-13(12(15)8-11)17-6-7-20-9-14(17)21(3,18)19/h4-5,8,10,14,16H,6-7,9H2,1-3H3. The summed E-state index contributed by atoms with van der Waals surface area (Å²) in [5, 5.41) is 2.41. The van der Waals surface area contributed by atoms with Gasteiger partial charge in [0.25, 0.3) is 0 Å². The molecule has 1 heterocycles. The van der Waals surface area contributed by atoms with E-state index in [0.717, 1.165) is 11.3 Å². The molecule has 1 fully saturated rings. The third kappa shape index (κ3) is 3.70. The smallest absolute Gasteiger partial charge is 0.169 e. The number of halogens is 1. The van der Waals surface area contributed by atoms with E-state index in [1.54, 1.807) is 22.7 Å². The highest BCUT2D eigenvalue weighted by Gasteiger charge is 2.32. The van der Waals surface area contributed by atoms with E-state index >= 15 is 0 Å². The van der Waals surface area contributed by atoms with E-state index in [0.29, 0.717) is 18.0 Å². The average molecular weight is 332 g/mol. The zero-order valence-electron chi connectivity index (χ0n) is 12.5. The van der Waals surface area contributed by atoms with Gasteiger partial charge in [-0.2, -0.15) is 11.8 Å². The lowest BCUT2D eigenvalue weighted by Gasteiger charge is -2.36. The fourth-order valence-electron chi connectivity index (χ4n) is 2.40. The van der Waals surface area contributed by atoms with E-state index in [2.05, 4.69) is 5.32 Å². The molecule has 21 heavy (non-hydrogen) atoms. The van der Waals surface area contributed by atoms with Crippen molar-refractivity contribution in [1.82, 2.24) is 5.32 Å². The number of rotatable bonds is 4. The fourth-order valence-corrected chi connectivity index (χ4v) is 5.24. The van der Waals surface area contributed by atoms with E-state index < -0.39 is 15.2 Å². The van der Waals surface area contributed by atoms with Gasteiger partial charge in [0.2, 0.25) is 0 Å². The van der Waals surface area contributed by atoms with Gasteiger partial charge in [-0.05, 0) is 31.7 Å². The van der Waals surface area contributed by atoms with Crippen molar-refractivity contribution in [2.45, 2.75) is 18.3 Å². The van der Waals surface area contributed by atoms with Crippen LogP contribution >= 0.6 is 11.8 Å². The topological polar surface area (TPSA) is 49.4 Å². The molecule has 2 unspecified atom stereocenters. The second-order valence-corrected chi connectivity index (χ2v) is 8.63. The van der Waals surface area contributed by atoms with E-state index in [1.165, 1.54) is 12.3 Å². The van der Waals surface area contributed by atoms with Gasteiger partial charge in [-0.15, -0.1) is 0 Å². The van der Waals surface area contributed by atoms with Crippen LogP contribution in [0, 0.1) is 5.82 Å². The molecular weight excluding hydrogens is 311 g/mol. The van der Waals surface area contributed by atoms with Crippen LogP contribution in [-0.2, 0) is 9.84 Å². The maximum Gasteiger partial charge on any atom is 0.169 e. The van der Waals surface area contributed by atoms with Crippen LogP contribution in [0.2, 0.25) is 0 Å². The largest absolute Gasteiger partial charge is 0.351 e. The van der Waals surface area contributed by atoms with Crippen molar-refractivity contribution in [3.63, 3.8) is 0 Å². The molecule has 118 valence electrons. The Kier molecular flexibility index (Phi) is 5.16. The molecule has 7 heteroatoms. The van der Waals surface area contributed by atoms with Crippen molar-refractivity contribution in [3.05, 3.63) is 29.6 Å². The second-order valence-electron chi connectivity index (χ2n) is 5.27. The summed E-state index contributed by atoms with van der Waals surface area (Å²) in [6, 6.07) is 5.07. The van der Waals surface area contributed by atoms with Crippen LogP contribution in [0.15, 0.2) is 18.2 Å². The molecule has 0 aliphatic carbocycles. The van der Waals surface area contributed by atoms with Crippen LogP contribution in [-0.4, -0.2) is 45.1 Å². The van der Waals surface area contributed by atoms with Crippen LogP contribution in [0.25, 0.3) is 0 Å². The number of thioether (sulfide) groups is 1. The molecule has 0 amide bonds. The molecule has 4 nitrogen and oxygen atoms in total. The Labute approximate surface area is 130 Å². The van der Waals surface area contributed by atoms with E-state index in [9.17, 15) is 12.8 Å². The number of nitrogens with zero attached hydrogens (tertiary/aromatic N) is 1. The second kappa shape index (κ2) is 6.54. The zero-order valence-corrected chi connectivity index (χ0v) is 14.1. The van der Waals surface area contributed by atoms with Crippen LogP contribution in [0.4, 0.5) is 10.1 Å². The highest BCUT2D eigenvalue weighted by atomic mass is 32.2. The number of hydrogen-bond acceptors (Lipinski definition) is 5. The minimum absolute atomic E-state index is 0.0520. The Hall–Kier alpha value is -0.790. The molecule has 1 aromatic carbocycles. The number of nitrogens with one attached hydrogen (secondary N) is 1. The lowest BCUT2D eigenvalue weighted by molar-refractivity contribution is 0.576. The quantitative estimate of drug-likeness (QED) is 0.914. The van der Waals surface area contributed by atoms with Gasteiger partial charge in [0.15, 0.2) is 9.84 Å². The molecule has 0 saturated carbocycles. The lowest BCUT2D eigenvalue weighted by Crippen LogP contribution is -2.47. The summed E-state index contributed by atoms with van der Waals surface area (Å²) in [4.78, 5) is 1.68. The van der Waals surface area contributed by atoms with Crippen LogP contribution < -0.4 is 10.2 Å². The molecule has 2 atom stereocenters. The molecule has 1 aromatic rings. The maximum atomic E-state index is 14.4. The minimum Gasteiger partial charge on any atom is -0.351 e. The van der Waals surface area contributed by atoms with Gasteiger partial charge in [0.1, 0.15) is 11.2 Å². The van der Waals surface area contributed by atoms with E-state index in [-0.39, 0.29) is 11.9 Å². The Morgan fingerprint density at radius 1 is 1.48 bits per heavy atom. The van der Waals surface area contributed by atoms with Crippen molar-refractivity contribution in [3.8, 4) is 0 Å². The Bertz CT molecular complexity index is 607. The summed E-state index contributed by atoms with van der Waals surface area (Å²) in [6.07, 6.45) is 1.21. The number of benzene rings is 1. The van der Waals surface area contributed by atoms with Gasteiger partial charge >= 0.3 is 0 Å². The maximum absolute atomic E-state index is 14.4. The Balaban J connectivity index is 2.35. The first-order valence-electron chi connectivity index (χ1n) is 6.84. The van der Waals surface area contributed by atoms with E-state index in [4.69, 9.17) is 0 Å². The first-order chi connectivity index (χ1) is 9.84. The minimum atomic E-state index is -3.24. The zero-order chi connectivity index (χ0) is 15.6. The molecule has 1 aliphatic rings. The highest BCUT2D eigenvalue weighted by molar-refractivity contribution is 8.01. The SMILES string of the molecule is CNC(C)c1ccc(N2CCSCC2S(C)(=O)=O)c(F)c1. The number of sulfone groups is 1. The molecule has 0 radical (unpaired) electrons. The van der Waals surface area contributed by atoms with Crippen molar-refractivity contribution < 1.29 is 12.8 Å². The predicted molar refractivity (Wildman–Crippen MR) is 87.2 cm³/mol. The molecule has 1 saturated heterocycles. The Morgan fingerprint density at radius 2 is 2.19 bits per heavy atom. The summed E-state index contributed by atoms with van der Waals surface area (Å²) in [7, 11) is -1.43. The summed E-state index contributed by atoms with van der Waals surface area (Å²) in [5.74, 6) is 0.919. The van der Waals surface area contributed by atoms with Gasteiger partial charge in [-0.25, -0.2) is 12.8 Å². The first-order valence-corrected chi connectivity index (χ1v) is 9.95. The lowest BCUT2D eigenvalue weighted by atomic mass is 10.1. The normalized spacial score (nSPS) is 21.3. The van der Waals surface area contributed by atoms with Crippen molar-refractivity contribution in [2.24, 2.45) is 0 Å². The van der Waals surface area contributed by atoms with Gasteiger partial charge in [0, 0.05) is 30.3 Å². The van der Waals surface area contributed by atoms with Gasteiger partial charge in [-0.1, -0.05) is 6.07 Å². The number of anilines is 1. The average Bonchev–Trinajstić information content (AvgIpc) is 2.45. The molecule has 2 rings (SSSR count). The third-order valence-corrected chi connectivity index (χ3v) is 6.44. The van der Waals surface area contributed by atoms with Crippen molar-refractivity contribution in [2.75, 3.05) is 36.3 Å². The summed E-state index contributed by atoms with van der Waals surface area (Å²) in [6.45, 7) is 2.49. The summed E-state index contributed by atoms with van der Waals surface area (Å²) >= 11 is 1.59.